The molecular weight excluding hydrogens is 238 g/mol. The van der Waals surface area contributed by atoms with E-state index >= 15 is 0 Å². The van der Waals surface area contributed by atoms with Crippen molar-refractivity contribution in [2.24, 2.45) is 11.1 Å². The van der Waals surface area contributed by atoms with Crippen LogP contribution in [0, 0.1) is 12.3 Å². The van der Waals surface area contributed by atoms with Crippen molar-refractivity contribution in [3.8, 4) is 0 Å². The van der Waals surface area contributed by atoms with Crippen molar-refractivity contribution in [3.05, 3.63) is 17.5 Å². The second-order valence-corrected chi connectivity index (χ2v) is 6.35. The lowest BCUT2D eigenvalue weighted by atomic mass is 9.62. The van der Waals surface area contributed by atoms with Crippen LogP contribution in [0.4, 0.5) is 0 Å². The van der Waals surface area contributed by atoms with Gasteiger partial charge in [0.15, 0.2) is 0 Å². The molecule has 2 heterocycles. The molecule has 4 heteroatoms. The Labute approximate surface area is 115 Å². The van der Waals surface area contributed by atoms with Gasteiger partial charge in [-0.15, -0.1) is 0 Å². The molecule has 2 fully saturated rings. The molecule has 0 bridgehead atoms. The predicted octanol–water partition coefficient (Wildman–Crippen LogP) is 2.47. The molecular formula is C15H25N3O. The van der Waals surface area contributed by atoms with E-state index in [1.54, 1.807) is 6.26 Å². The average molecular weight is 263 g/mol. The zero-order chi connectivity index (χ0) is 13.3. The molecule has 1 saturated carbocycles. The standard InChI is InChI=1S/C15H25N3O/c1-12-10-19-17-13(12)9-18-8-3-2-5-14(18)15(11-16)6-4-7-15/h10,14H,2-9,11,16H2,1H3/t14-/m0/s1. The first-order valence-electron chi connectivity index (χ1n) is 7.59. The maximum absolute atomic E-state index is 6.10. The van der Waals surface area contributed by atoms with Gasteiger partial charge >= 0.3 is 0 Å². The Morgan fingerprint density at radius 2 is 2.26 bits per heavy atom. The lowest BCUT2D eigenvalue weighted by molar-refractivity contribution is -0.0215. The molecule has 2 aliphatic rings. The molecule has 1 aliphatic heterocycles. The SMILES string of the molecule is Cc1conc1CN1CCCC[C@H]1C1(CN)CCC1. The van der Waals surface area contributed by atoms with Crippen LogP contribution in [0.25, 0.3) is 0 Å². The van der Waals surface area contributed by atoms with Crippen LogP contribution >= 0.6 is 0 Å². The Balaban J connectivity index is 1.76. The van der Waals surface area contributed by atoms with Crippen molar-refractivity contribution in [1.82, 2.24) is 10.1 Å². The van der Waals surface area contributed by atoms with Crippen molar-refractivity contribution in [2.75, 3.05) is 13.1 Å². The van der Waals surface area contributed by atoms with Gasteiger partial charge in [0.05, 0.1) is 0 Å². The van der Waals surface area contributed by atoms with Crippen LogP contribution in [0.1, 0.15) is 49.8 Å². The van der Waals surface area contributed by atoms with Crippen LogP contribution in [-0.2, 0) is 6.54 Å². The van der Waals surface area contributed by atoms with E-state index in [1.807, 2.05) is 0 Å². The van der Waals surface area contributed by atoms with Crippen LogP contribution in [0.15, 0.2) is 10.8 Å². The van der Waals surface area contributed by atoms with E-state index in [9.17, 15) is 0 Å². The summed E-state index contributed by atoms with van der Waals surface area (Å²) in [6.07, 6.45) is 9.66. The van der Waals surface area contributed by atoms with Gasteiger partial charge in [-0.3, -0.25) is 4.90 Å². The van der Waals surface area contributed by atoms with Crippen LogP contribution in [0.5, 0.6) is 0 Å². The molecule has 3 rings (SSSR count). The Morgan fingerprint density at radius 1 is 1.42 bits per heavy atom. The van der Waals surface area contributed by atoms with Gasteiger partial charge in [0, 0.05) is 18.2 Å². The van der Waals surface area contributed by atoms with Crippen molar-refractivity contribution in [3.63, 3.8) is 0 Å². The van der Waals surface area contributed by atoms with Crippen molar-refractivity contribution in [2.45, 2.75) is 58.0 Å². The number of aryl methyl sites for hydroxylation is 1. The molecule has 1 atom stereocenters. The fourth-order valence-electron chi connectivity index (χ4n) is 3.83. The third kappa shape index (κ3) is 2.32. The smallest absolute Gasteiger partial charge is 0.127 e. The van der Waals surface area contributed by atoms with Gasteiger partial charge in [-0.2, -0.15) is 0 Å². The van der Waals surface area contributed by atoms with Gasteiger partial charge in [-0.1, -0.05) is 18.0 Å². The Morgan fingerprint density at radius 3 is 2.84 bits per heavy atom. The third-order valence-corrected chi connectivity index (χ3v) is 5.28. The summed E-state index contributed by atoms with van der Waals surface area (Å²) in [4.78, 5) is 2.61. The summed E-state index contributed by atoms with van der Waals surface area (Å²) in [5.74, 6) is 0. The minimum atomic E-state index is 0.387. The highest BCUT2D eigenvalue weighted by Crippen LogP contribution is 2.47. The largest absolute Gasteiger partial charge is 0.364 e. The number of hydrogen-bond acceptors (Lipinski definition) is 4. The maximum Gasteiger partial charge on any atom is 0.127 e. The Hall–Kier alpha value is -0.870. The minimum Gasteiger partial charge on any atom is -0.364 e. The van der Waals surface area contributed by atoms with Crippen LogP contribution < -0.4 is 5.73 Å². The van der Waals surface area contributed by atoms with E-state index < -0.39 is 0 Å². The third-order valence-electron chi connectivity index (χ3n) is 5.28. The summed E-state index contributed by atoms with van der Waals surface area (Å²) in [6.45, 7) is 5.02. The fourth-order valence-corrected chi connectivity index (χ4v) is 3.83. The zero-order valence-corrected chi connectivity index (χ0v) is 11.9. The summed E-state index contributed by atoms with van der Waals surface area (Å²) in [5.41, 5.74) is 8.75. The second kappa shape index (κ2) is 5.25. The molecule has 19 heavy (non-hydrogen) atoms. The molecule has 0 unspecified atom stereocenters. The Bertz CT molecular complexity index is 419. The monoisotopic (exact) mass is 263 g/mol. The molecule has 1 saturated heterocycles. The number of piperidine rings is 1. The van der Waals surface area contributed by atoms with Gasteiger partial charge in [0.25, 0.3) is 0 Å². The van der Waals surface area contributed by atoms with Gasteiger partial charge in [0.1, 0.15) is 12.0 Å². The number of nitrogens with zero attached hydrogens (tertiary/aromatic N) is 2. The summed E-state index contributed by atoms with van der Waals surface area (Å²) < 4.78 is 5.07. The minimum absolute atomic E-state index is 0.387. The van der Waals surface area contributed by atoms with Crippen molar-refractivity contribution >= 4 is 0 Å². The molecule has 1 aromatic rings. The molecule has 0 spiro atoms. The number of hydrogen-bond donors (Lipinski definition) is 1. The molecule has 2 N–H and O–H groups in total. The first-order valence-corrected chi connectivity index (χ1v) is 7.59. The van der Waals surface area contributed by atoms with E-state index in [0.717, 1.165) is 18.8 Å². The summed E-state index contributed by atoms with van der Waals surface area (Å²) >= 11 is 0. The van der Waals surface area contributed by atoms with Gasteiger partial charge in [-0.05, 0) is 51.1 Å². The maximum atomic E-state index is 6.10. The fraction of sp³-hybridized carbons (Fsp3) is 0.800. The topological polar surface area (TPSA) is 55.3 Å². The number of nitrogens with two attached hydrogens (primary N) is 1. The van der Waals surface area contributed by atoms with Gasteiger partial charge < -0.3 is 10.3 Å². The molecule has 0 amide bonds. The van der Waals surface area contributed by atoms with Crippen molar-refractivity contribution in [1.29, 1.82) is 0 Å². The molecule has 1 aliphatic carbocycles. The van der Waals surface area contributed by atoms with E-state index in [0.29, 0.717) is 11.5 Å². The van der Waals surface area contributed by atoms with Gasteiger partial charge in [-0.25, -0.2) is 0 Å². The van der Waals surface area contributed by atoms with E-state index in [1.165, 1.54) is 50.6 Å². The highest BCUT2D eigenvalue weighted by Gasteiger charge is 2.46. The molecule has 1 aromatic heterocycles. The number of rotatable bonds is 4. The molecule has 0 aromatic carbocycles. The van der Waals surface area contributed by atoms with Gasteiger partial charge in [0.2, 0.25) is 0 Å². The summed E-state index contributed by atoms with van der Waals surface area (Å²) in [6, 6.07) is 0.649. The van der Waals surface area contributed by atoms with Crippen LogP contribution in [0.2, 0.25) is 0 Å². The van der Waals surface area contributed by atoms with Crippen molar-refractivity contribution < 1.29 is 4.52 Å². The molecule has 0 radical (unpaired) electrons. The zero-order valence-electron chi connectivity index (χ0n) is 11.9. The van der Waals surface area contributed by atoms with Crippen LogP contribution in [-0.4, -0.2) is 29.2 Å². The highest BCUT2D eigenvalue weighted by molar-refractivity contribution is 5.12. The molecule has 106 valence electrons. The Kier molecular flexibility index (Phi) is 3.63. The van der Waals surface area contributed by atoms with E-state index in [2.05, 4.69) is 17.0 Å². The normalized spacial score (nSPS) is 27.2. The van der Waals surface area contributed by atoms with E-state index in [4.69, 9.17) is 10.3 Å². The summed E-state index contributed by atoms with van der Waals surface area (Å²) in [7, 11) is 0. The first kappa shape index (κ1) is 13.1. The average Bonchev–Trinajstić information content (AvgIpc) is 2.77. The summed E-state index contributed by atoms with van der Waals surface area (Å²) in [5, 5.41) is 4.15. The first-order chi connectivity index (χ1) is 9.25. The lowest BCUT2D eigenvalue weighted by Gasteiger charge is -2.53. The van der Waals surface area contributed by atoms with Crippen LogP contribution in [0.3, 0.4) is 0 Å². The quantitative estimate of drug-likeness (QED) is 0.906. The molecule has 4 nitrogen and oxygen atoms in total. The highest BCUT2D eigenvalue weighted by atomic mass is 16.5. The number of aromatic nitrogens is 1. The van der Waals surface area contributed by atoms with E-state index in [-0.39, 0.29) is 0 Å². The lowest BCUT2D eigenvalue weighted by Crippen LogP contribution is -2.56. The number of likely N-dealkylation sites (tertiary alicyclic amines) is 1. The predicted molar refractivity (Wildman–Crippen MR) is 74.6 cm³/mol. The second-order valence-electron chi connectivity index (χ2n) is 6.35.